The topological polar surface area (TPSA) is 95.2 Å². The predicted molar refractivity (Wildman–Crippen MR) is 142 cm³/mol. The van der Waals surface area contributed by atoms with Crippen LogP contribution in [0, 0.1) is 5.82 Å². The first-order chi connectivity index (χ1) is 17.9. The smallest absolute Gasteiger partial charge is 0.333 e. The van der Waals surface area contributed by atoms with Crippen molar-refractivity contribution in [2.75, 3.05) is 18.6 Å². The molecule has 3 heterocycles. The Morgan fingerprint density at radius 2 is 1.73 bits per heavy atom. The lowest BCUT2D eigenvalue weighted by atomic mass is 9.90. The Balaban J connectivity index is 1.33. The zero-order valence-corrected chi connectivity index (χ0v) is 21.6. The van der Waals surface area contributed by atoms with Gasteiger partial charge in [-0.15, -0.1) is 0 Å². The maximum absolute atomic E-state index is 14.1. The highest BCUT2D eigenvalue weighted by Gasteiger charge is 2.29. The van der Waals surface area contributed by atoms with Crippen LogP contribution in [0.2, 0.25) is 0 Å². The number of pyridine rings is 1. The number of thioether (sulfide) groups is 1. The van der Waals surface area contributed by atoms with E-state index in [1.54, 1.807) is 11.7 Å². The van der Waals surface area contributed by atoms with Gasteiger partial charge in [0.05, 0.1) is 25.1 Å². The van der Waals surface area contributed by atoms with Crippen LogP contribution in [0.5, 0.6) is 5.75 Å². The molecule has 1 saturated heterocycles. The Hall–Kier alpha value is -3.14. The Kier molecular flexibility index (Phi) is 7.64. The van der Waals surface area contributed by atoms with Crippen LogP contribution in [-0.4, -0.2) is 44.7 Å². The Bertz CT molecular complexity index is 1390. The van der Waals surface area contributed by atoms with E-state index in [0.717, 1.165) is 41.9 Å². The van der Waals surface area contributed by atoms with Gasteiger partial charge in [-0.25, -0.2) is 14.2 Å². The number of carbonyl (C=O) groups excluding carboxylic acids is 1. The van der Waals surface area contributed by atoms with Crippen molar-refractivity contribution in [1.82, 2.24) is 19.4 Å². The average molecular weight is 527 g/mol. The van der Waals surface area contributed by atoms with Gasteiger partial charge in [-0.05, 0) is 73.8 Å². The van der Waals surface area contributed by atoms with E-state index in [0.29, 0.717) is 25.7 Å². The first kappa shape index (κ1) is 25.5. The van der Waals surface area contributed by atoms with E-state index in [-0.39, 0.29) is 47.2 Å². The lowest BCUT2D eigenvalue weighted by Crippen LogP contribution is -2.46. The number of hydrogen-bond donors (Lipinski definition) is 1. The van der Waals surface area contributed by atoms with Gasteiger partial charge in [0, 0.05) is 18.1 Å². The molecule has 0 radical (unpaired) electrons. The molecule has 1 aliphatic carbocycles. The molecule has 5 rings (SSSR count). The predicted octanol–water partition coefficient (Wildman–Crippen LogP) is 3.62. The number of hydrogen-bond acceptors (Lipinski definition) is 6. The first-order valence-electron chi connectivity index (χ1n) is 12.8. The molecular formula is C27H31FN4O4S. The number of aromatic nitrogens is 3. The number of fused-ring (bicyclic) bond motifs is 1. The third-order valence-electron chi connectivity index (χ3n) is 7.43. The summed E-state index contributed by atoms with van der Waals surface area (Å²) < 4.78 is 22.2. The molecule has 10 heteroatoms. The van der Waals surface area contributed by atoms with Crippen LogP contribution in [0.3, 0.4) is 0 Å². The standard InChI is InChI=1S/C27H31FN4O4S/c1-36-22-8-2-17(3-9-22)14-24(33)30-19-4-6-20(7-5-19)32-26(34)23-15-18(28)16-29-25(23)31(27(32)35)21-10-12-37-13-11-21/h2-3,8-9,15-16,19-21H,4-7,10-14H2,1H3,(H,30,33). The number of benzene rings is 1. The second-order valence-electron chi connectivity index (χ2n) is 9.79. The minimum atomic E-state index is -0.594. The quantitative estimate of drug-likeness (QED) is 0.527. The van der Waals surface area contributed by atoms with E-state index in [2.05, 4.69) is 10.3 Å². The summed E-state index contributed by atoms with van der Waals surface area (Å²) in [6.45, 7) is 0. The molecule has 1 aliphatic heterocycles. The number of rotatable bonds is 6. The number of nitrogens with zero attached hydrogens (tertiary/aromatic N) is 3. The van der Waals surface area contributed by atoms with Crippen molar-refractivity contribution in [3.8, 4) is 5.75 Å². The van der Waals surface area contributed by atoms with Gasteiger partial charge in [0.25, 0.3) is 5.56 Å². The lowest BCUT2D eigenvalue weighted by Gasteiger charge is -2.31. The van der Waals surface area contributed by atoms with Crippen LogP contribution in [-0.2, 0) is 11.2 Å². The Labute approximate surface area is 218 Å². The zero-order chi connectivity index (χ0) is 25.9. The summed E-state index contributed by atoms with van der Waals surface area (Å²) in [6.07, 6.45) is 5.44. The fourth-order valence-corrected chi connectivity index (χ4v) is 6.57. The summed E-state index contributed by atoms with van der Waals surface area (Å²) in [6, 6.07) is 8.21. The van der Waals surface area contributed by atoms with Gasteiger partial charge in [-0.2, -0.15) is 11.8 Å². The van der Waals surface area contributed by atoms with Crippen molar-refractivity contribution >= 4 is 28.7 Å². The maximum Gasteiger partial charge on any atom is 0.333 e. The number of halogens is 1. The molecule has 1 saturated carbocycles. The molecule has 1 aromatic carbocycles. The van der Waals surface area contributed by atoms with Crippen molar-refractivity contribution in [1.29, 1.82) is 0 Å². The molecule has 37 heavy (non-hydrogen) atoms. The van der Waals surface area contributed by atoms with Gasteiger partial charge < -0.3 is 10.1 Å². The van der Waals surface area contributed by atoms with Gasteiger partial charge in [-0.3, -0.25) is 18.7 Å². The van der Waals surface area contributed by atoms with Gasteiger partial charge in [-0.1, -0.05) is 12.1 Å². The van der Waals surface area contributed by atoms with Crippen molar-refractivity contribution in [3.05, 3.63) is 68.7 Å². The highest BCUT2D eigenvalue weighted by Crippen LogP contribution is 2.30. The summed E-state index contributed by atoms with van der Waals surface area (Å²) in [4.78, 5) is 43.9. The number of ether oxygens (including phenoxy) is 1. The summed E-state index contributed by atoms with van der Waals surface area (Å²) in [5, 5.41) is 3.24. The minimum absolute atomic E-state index is 0.0186. The summed E-state index contributed by atoms with van der Waals surface area (Å²) in [5.74, 6) is 1.95. The molecule has 0 atom stereocenters. The van der Waals surface area contributed by atoms with E-state index in [1.807, 2.05) is 36.0 Å². The molecule has 2 fully saturated rings. The highest BCUT2D eigenvalue weighted by molar-refractivity contribution is 7.99. The molecule has 2 aliphatic rings. The summed E-state index contributed by atoms with van der Waals surface area (Å²) >= 11 is 1.84. The number of nitrogens with one attached hydrogen (secondary N) is 1. The van der Waals surface area contributed by atoms with Crippen LogP contribution in [0.1, 0.15) is 56.2 Å². The van der Waals surface area contributed by atoms with Gasteiger partial charge >= 0.3 is 5.69 Å². The van der Waals surface area contributed by atoms with Crippen molar-refractivity contribution in [3.63, 3.8) is 0 Å². The van der Waals surface area contributed by atoms with E-state index < -0.39 is 11.4 Å². The Morgan fingerprint density at radius 3 is 2.41 bits per heavy atom. The number of amides is 1. The van der Waals surface area contributed by atoms with Crippen molar-refractivity contribution in [2.24, 2.45) is 0 Å². The normalized spacial score (nSPS) is 20.6. The SMILES string of the molecule is COc1ccc(CC(=O)NC2CCC(n3c(=O)c4cc(F)cnc4n(C4CCSCC4)c3=O)CC2)cc1. The second kappa shape index (κ2) is 11.1. The van der Waals surface area contributed by atoms with E-state index in [9.17, 15) is 18.8 Å². The maximum atomic E-state index is 14.1. The fraction of sp³-hybridized carbons (Fsp3) is 0.481. The molecule has 2 aromatic heterocycles. The minimum Gasteiger partial charge on any atom is -0.497 e. The van der Waals surface area contributed by atoms with Gasteiger partial charge in [0.15, 0.2) is 0 Å². The molecule has 0 spiro atoms. The first-order valence-corrected chi connectivity index (χ1v) is 13.9. The lowest BCUT2D eigenvalue weighted by molar-refractivity contribution is -0.121. The Morgan fingerprint density at radius 1 is 1.05 bits per heavy atom. The molecule has 1 amide bonds. The molecular weight excluding hydrogens is 495 g/mol. The van der Waals surface area contributed by atoms with Crippen LogP contribution < -0.4 is 21.3 Å². The second-order valence-corrected chi connectivity index (χ2v) is 11.0. The fourth-order valence-electron chi connectivity index (χ4n) is 5.49. The van der Waals surface area contributed by atoms with Crippen LogP contribution in [0.4, 0.5) is 4.39 Å². The zero-order valence-electron chi connectivity index (χ0n) is 20.8. The number of carbonyl (C=O) groups is 1. The van der Waals surface area contributed by atoms with Crippen molar-refractivity contribution in [2.45, 2.75) is 63.1 Å². The van der Waals surface area contributed by atoms with Crippen LogP contribution in [0.15, 0.2) is 46.1 Å². The van der Waals surface area contributed by atoms with E-state index >= 15 is 0 Å². The number of methoxy groups -OCH3 is 1. The summed E-state index contributed by atoms with van der Waals surface area (Å²) in [7, 11) is 1.60. The summed E-state index contributed by atoms with van der Waals surface area (Å²) in [5.41, 5.74) is 0.321. The molecule has 0 unspecified atom stereocenters. The van der Waals surface area contributed by atoms with Crippen LogP contribution in [0.25, 0.3) is 11.0 Å². The highest BCUT2D eigenvalue weighted by atomic mass is 32.2. The van der Waals surface area contributed by atoms with Gasteiger partial charge in [0.2, 0.25) is 5.91 Å². The monoisotopic (exact) mass is 526 g/mol. The van der Waals surface area contributed by atoms with E-state index in [1.165, 1.54) is 10.6 Å². The largest absolute Gasteiger partial charge is 0.497 e. The van der Waals surface area contributed by atoms with Gasteiger partial charge in [0.1, 0.15) is 17.2 Å². The van der Waals surface area contributed by atoms with E-state index in [4.69, 9.17) is 4.74 Å². The molecule has 3 aromatic rings. The third-order valence-corrected chi connectivity index (χ3v) is 8.48. The van der Waals surface area contributed by atoms with Crippen LogP contribution >= 0.6 is 11.8 Å². The molecule has 1 N–H and O–H groups in total. The third kappa shape index (κ3) is 5.44. The molecule has 8 nitrogen and oxygen atoms in total. The van der Waals surface area contributed by atoms with Crippen molar-refractivity contribution < 1.29 is 13.9 Å². The average Bonchev–Trinajstić information content (AvgIpc) is 2.91. The molecule has 0 bridgehead atoms. The molecule has 196 valence electrons.